The third kappa shape index (κ3) is 5.26. The second-order valence-electron chi connectivity index (χ2n) is 8.76. The molecule has 4 heterocycles. The maximum absolute atomic E-state index is 13.3. The van der Waals surface area contributed by atoms with Gasteiger partial charge < -0.3 is 4.74 Å². The van der Waals surface area contributed by atoms with Crippen LogP contribution in [0.3, 0.4) is 0 Å². The molecule has 7 nitrogen and oxygen atoms in total. The molecule has 0 aromatic carbocycles. The van der Waals surface area contributed by atoms with Gasteiger partial charge >= 0.3 is 0 Å². The molecule has 3 aromatic heterocycles. The summed E-state index contributed by atoms with van der Waals surface area (Å²) in [7, 11) is 1.94. The van der Waals surface area contributed by atoms with Crippen LogP contribution < -0.4 is 0 Å². The largest absolute Gasteiger partial charge is 0.373 e. The Morgan fingerprint density at radius 3 is 2.44 bits per heavy atom. The molecule has 2 aliphatic rings. The molecule has 3 aromatic rings. The first-order valence-corrected chi connectivity index (χ1v) is 11.3. The van der Waals surface area contributed by atoms with Crippen molar-refractivity contribution in [3.8, 4) is 0 Å². The van der Waals surface area contributed by atoms with E-state index in [2.05, 4.69) is 25.0 Å². The molecule has 9 heteroatoms. The van der Waals surface area contributed by atoms with Crippen molar-refractivity contribution in [2.24, 2.45) is 7.05 Å². The topological polar surface area (TPSA) is 78.6 Å². The van der Waals surface area contributed by atoms with Crippen LogP contribution in [0.5, 0.6) is 0 Å². The van der Waals surface area contributed by atoms with Gasteiger partial charge in [0.05, 0.1) is 29.4 Å². The Kier molecular flexibility index (Phi) is 6.74. The van der Waals surface area contributed by atoms with Crippen molar-refractivity contribution in [2.75, 3.05) is 6.61 Å². The van der Waals surface area contributed by atoms with E-state index in [1.165, 1.54) is 24.7 Å². The molecular weight excluding hydrogens is 414 g/mol. The van der Waals surface area contributed by atoms with Crippen LogP contribution in [0.1, 0.15) is 79.6 Å². The zero-order valence-electron chi connectivity index (χ0n) is 18.9. The van der Waals surface area contributed by atoms with Crippen molar-refractivity contribution >= 4 is 11.2 Å². The van der Waals surface area contributed by atoms with Crippen LogP contribution in [0.25, 0.3) is 11.2 Å². The van der Waals surface area contributed by atoms with Crippen molar-refractivity contribution in [2.45, 2.75) is 76.7 Å². The van der Waals surface area contributed by atoms with Crippen LogP contribution in [0, 0.1) is 13.8 Å². The molecule has 0 bridgehead atoms. The number of aryl methyl sites for hydroxylation is 3. The highest BCUT2D eigenvalue weighted by molar-refractivity contribution is 5.73. The Balaban J connectivity index is 0.000000174. The molecule has 32 heavy (non-hydrogen) atoms. The lowest BCUT2D eigenvalue weighted by Gasteiger charge is -2.28. The maximum atomic E-state index is 13.3. The normalized spacial score (nSPS) is 21.2. The van der Waals surface area contributed by atoms with Crippen LogP contribution in [-0.2, 0) is 11.8 Å². The van der Waals surface area contributed by atoms with E-state index in [1.54, 1.807) is 0 Å². The van der Waals surface area contributed by atoms with Crippen LogP contribution in [0.15, 0.2) is 18.7 Å². The number of nitrogens with zero attached hydrogens (tertiary/aromatic N) is 6. The minimum Gasteiger partial charge on any atom is -0.373 e. The van der Waals surface area contributed by atoms with Gasteiger partial charge in [-0.05, 0) is 46.0 Å². The highest BCUT2D eigenvalue weighted by Crippen LogP contribution is 2.41. The lowest BCUT2D eigenvalue weighted by molar-refractivity contribution is -0.0384. The summed E-state index contributed by atoms with van der Waals surface area (Å²) in [6.45, 7) is 4.66. The summed E-state index contributed by atoms with van der Waals surface area (Å²) in [6.07, 6.45) is 10.0. The van der Waals surface area contributed by atoms with Gasteiger partial charge in [-0.1, -0.05) is 0 Å². The first kappa shape index (κ1) is 22.6. The molecule has 0 amide bonds. The third-order valence-electron chi connectivity index (χ3n) is 6.29. The van der Waals surface area contributed by atoms with Gasteiger partial charge in [0.1, 0.15) is 11.8 Å². The first-order valence-electron chi connectivity index (χ1n) is 11.3. The number of hydrogen-bond acceptors (Lipinski definition) is 6. The predicted molar refractivity (Wildman–Crippen MR) is 117 cm³/mol. The number of ether oxygens (including phenoxy) is 1. The average molecular weight is 445 g/mol. The molecule has 0 N–H and O–H groups in total. The number of alkyl halides is 2. The monoisotopic (exact) mass is 444 g/mol. The molecule has 1 atom stereocenters. The first-order chi connectivity index (χ1) is 15.3. The smallest absolute Gasteiger partial charge is 0.248 e. The fourth-order valence-corrected chi connectivity index (χ4v) is 4.28. The molecule has 1 unspecified atom stereocenters. The number of rotatable bonds is 2. The number of fused-ring (bicyclic) bond motifs is 1. The maximum Gasteiger partial charge on any atom is 0.248 e. The van der Waals surface area contributed by atoms with Crippen molar-refractivity contribution in [1.82, 2.24) is 29.7 Å². The van der Waals surface area contributed by atoms with E-state index in [-0.39, 0.29) is 18.8 Å². The third-order valence-corrected chi connectivity index (χ3v) is 6.29. The summed E-state index contributed by atoms with van der Waals surface area (Å²) in [5, 5.41) is 4.13. The van der Waals surface area contributed by atoms with E-state index in [1.807, 2.05) is 38.0 Å². The Bertz CT molecular complexity index is 1050. The van der Waals surface area contributed by atoms with Gasteiger partial charge in [0.15, 0.2) is 5.65 Å². The van der Waals surface area contributed by atoms with E-state index in [0.717, 1.165) is 30.1 Å². The predicted octanol–water partition coefficient (Wildman–Crippen LogP) is 4.99. The molecule has 1 saturated heterocycles. The van der Waals surface area contributed by atoms with Crippen molar-refractivity contribution in [1.29, 1.82) is 0 Å². The molecule has 1 aliphatic heterocycles. The van der Waals surface area contributed by atoms with Crippen LogP contribution >= 0.6 is 0 Å². The van der Waals surface area contributed by atoms with Crippen LogP contribution in [0.4, 0.5) is 8.78 Å². The quantitative estimate of drug-likeness (QED) is 0.554. The summed E-state index contributed by atoms with van der Waals surface area (Å²) in [5.41, 5.74) is 4.85. The Hall–Kier alpha value is -2.55. The molecular formula is C23H30F2N6O. The minimum atomic E-state index is -2.53. The fourth-order valence-electron chi connectivity index (χ4n) is 4.28. The standard InChI is InChI=1S/C14H16F2N4.C9H14N2O/c1-8-9(2)20-13-12(19-8)11(17-7-18-13)10-3-5-14(15,16)6-4-10;1-11-7-8(6-10-11)9-4-2-3-5-12-9/h7,10H,3-6H2,1-2H3;6-7,9H,2-5H2,1H3. The van der Waals surface area contributed by atoms with E-state index in [0.29, 0.717) is 30.1 Å². The van der Waals surface area contributed by atoms with E-state index >= 15 is 0 Å². The Morgan fingerprint density at radius 2 is 1.78 bits per heavy atom. The second kappa shape index (κ2) is 9.52. The van der Waals surface area contributed by atoms with Gasteiger partial charge in [0.2, 0.25) is 5.92 Å². The van der Waals surface area contributed by atoms with E-state index in [4.69, 9.17) is 4.74 Å². The molecule has 2 fully saturated rings. The van der Waals surface area contributed by atoms with Gasteiger partial charge in [-0.15, -0.1) is 0 Å². The summed E-state index contributed by atoms with van der Waals surface area (Å²) in [5.74, 6) is -2.51. The zero-order chi connectivity index (χ0) is 22.7. The van der Waals surface area contributed by atoms with Crippen molar-refractivity contribution < 1.29 is 13.5 Å². The summed E-state index contributed by atoms with van der Waals surface area (Å²) in [6, 6.07) is 0. The Morgan fingerprint density at radius 1 is 1.03 bits per heavy atom. The summed E-state index contributed by atoms with van der Waals surface area (Å²) in [4.78, 5) is 17.3. The average Bonchev–Trinajstić information content (AvgIpc) is 3.22. The summed E-state index contributed by atoms with van der Waals surface area (Å²) >= 11 is 0. The lowest BCUT2D eigenvalue weighted by atomic mass is 9.84. The van der Waals surface area contributed by atoms with E-state index in [9.17, 15) is 8.78 Å². The fraction of sp³-hybridized carbons (Fsp3) is 0.609. The summed E-state index contributed by atoms with van der Waals surface area (Å²) < 4.78 is 34.0. The van der Waals surface area contributed by atoms with Crippen LogP contribution in [-0.4, -0.2) is 42.2 Å². The highest BCUT2D eigenvalue weighted by atomic mass is 19.3. The Labute approximate surface area is 186 Å². The zero-order valence-corrected chi connectivity index (χ0v) is 18.9. The van der Waals surface area contributed by atoms with Crippen molar-refractivity contribution in [3.63, 3.8) is 0 Å². The minimum absolute atomic E-state index is 0.0246. The molecule has 1 aliphatic carbocycles. The van der Waals surface area contributed by atoms with Crippen molar-refractivity contribution in [3.05, 3.63) is 41.4 Å². The molecule has 1 saturated carbocycles. The molecule has 172 valence electrons. The molecule has 5 rings (SSSR count). The van der Waals surface area contributed by atoms with Gasteiger partial charge in [-0.2, -0.15) is 5.10 Å². The number of hydrogen-bond donors (Lipinski definition) is 0. The molecule has 0 radical (unpaired) electrons. The van der Waals surface area contributed by atoms with Crippen LogP contribution in [0.2, 0.25) is 0 Å². The SMILES string of the molecule is Cc1nc2ncnc(C3CCC(F)(F)CC3)c2nc1C.Cn1cc(C2CCCCO2)cn1. The lowest BCUT2D eigenvalue weighted by Crippen LogP contribution is -2.24. The van der Waals surface area contributed by atoms with Gasteiger partial charge in [-0.25, -0.2) is 28.7 Å². The van der Waals surface area contributed by atoms with Gasteiger partial charge in [-0.3, -0.25) is 4.68 Å². The van der Waals surface area contributed by atoms with Gasteiger partial charge in [0.25, 0.3) is 0 Å². The number of aromatic nitrogens is 6. The van der Waals surface area contributed by atoms with Gasteiger partial charge in [0, 0.05) is 44.2 Å². The number of halogens is 2. The second-order valence-corrected chi connectivity index (χ2v) is 8.76. The molecule has 0 spiro atoms. The highest BCUT2D eigenvalue weighted by Gasteiger charge is 2.36. The van der Waals surface area contributed by atoms with E-state index < -0.39 is 5.92 Å².